The summed E-state index contributed by atoms with van der Waals surface area (Å²) in [6.45, 7) is 5.58. The summed E-state index contributed by atoms with van der Waals surface area (Å²) in [7, 11) is 0. The lowest BCUT2D eigenvalue weighted by Crippen LogP contribution is -2.38. The molecule has 7 nitrogen and oxygen atoms in total. The van der Waals surface area contributed by atoms with Crippen molar-refractivity contribution in [3.63, 3.8) is 0 Å². The maximum absolute atomic E-state index is 12.7. The van der Waals surface area contributed by atoms with Crippen molar-refractivity contribution in [3.8, 4) is 0 Å². The van der Waals surface area contributed by atoms with Gasteiger partial charge in [0.15, 0.2) is 5.69 Å². The molecule has 1 aromatic heterocycles. The number of amides is 3. The van der Waals surface area contributed by atoms with Crippen molar-refractivity contribution in [3.05, 3.63) is 46.7 Å². The fraction of sp³-hybridized carbons (Fsp3) is 0.500. The Bertz CT molecular complexity index is 913. The predicted molar refractivity (Wildman–Crippen MR) is 110 cm³/mol. The molecule has 0 saturated carbocycles. The van der Waals surface area contributed by atoms with Gasteiger partial charge in [0.05, 0.1) is 6.54 Å². The number of hydrogen-bond acceptors (Lipinski definition) is 4. The molecule has 1 aliphatic carbocycles. The Kier molecular flexibility index (Phi) is 5.56. The molecule has 7 heteroatoms. The van der Waals surface area contributed by atoms with Crippen molar-refractivity contribution in [1.82, 2.24) is 15.2 Å². The van der Waals surface area contributed by atoms with E-state index in [2.05, 4.69) is 28.6 Å². The average molecular weight is 396 g/mol. The van der Waals surface area contributed by atoms with Gasteiger partial charge in [0.1, 0.15) is 5.76 Å². The Labute approximate surface area is 170 Å². The number of hydrogen-bond donors (Lipinski definition) is 2. The molecule has 29 heavy (non-hydrogen) atoms. The molecule has 1 aliphatic heterocycles. The quantitative estimate of drug-likeness (QED) is 0.825. The molecule has 0 bridgehead atoms. The fourth-order valence-corrected chi connectivity index (χ4v) is 4.07. The molecule has 0 spiro atoms. The molecule has 4 rings (SSSR count). The van der Waals surface area contributed by atoms with Crippen molar-refractivity contribution in [2.24, 2.45) is 5.92 Å². The summed E-state index contributed by atoms with van der Waals surface area (Å²) in [5, 5.41) is 5.60. The van der Waals surface area contributed by atoms with Crippen LogP contribution in [-0.4, -0.2) is 34.9 Å². The third-order valence-electron chi connectivity index (χ3n) is 5.87. The zero-order valence-electron chi connectivity index (χ0n) is 17.1. The summed E-state index contributed by atoms with van der Waals surface area (Å²) >= 11 is 0. The fourth-order valence-electron chi connectivity index (χ4n) is 4.07. The first kappa shape index (κ1) is 19.5. The molecule has 0 radical (unpaired) electrons. The number of oxazole rings is 1. The highest BCUT2D eigenvalue weighted by atomic mass is 16.4. The molecule has 1 saturated heterocycles. The van der Waals surface area contributed by atoms with Gasteiger partial charge in [-0.3, -0.25) is 4.79 Å². The van der Waals surface area contributed by atoms with Crippen LogP contribution < -0.4 is 10.6 Å². The zero-order valence-corrected chi connectivity index (χ0v) is 17.1. The standard InChI is InChI=1S/C22H28N4O3/c1-14-8-10-26(11-9-14)21(27)20-15(2)29-19(25-20)13-23-22(28)24-18-7-6-16-4-3-5-17(16)12-18/h6-7,12,14H,3-5,8-11,13H2,1-2H3,(H2,23,24,28). The molecule has 1 fully saturated rings. The number of aryl methyl sites for hydroxylation is 3. The van der Waals surface area contributed by atoms with E-state index in [0.717, 1.165) is 44.5 Å². The topological polar surface area (TPSA) is 87.5 Å². The molecule has 0 atom stereocenters. The second-order valence-corrected chi connectivity index (χ2v) is 8.13. The number of carbonyl (C=O) groups is 2. The minimum absolute atomic E-state index is 0.0907. The van der Waals surface area contributed by atoms with Gasteiger partial charge in [-0.2, -0.15) is 0 Å². The lowest BCUT2D eigenvalue weighted by atomic mass is 9.99. The molecule has 2 aliphatic rings. The largest absolute Gasteiger partial charge is 0.443 e. The van der Waals surface area contributed by atoms with E-state index in [1.54, 1.807) is 6.92 Å². The van der Waals surface area contributed by atoms with Gasteiger partial charge in [-0.15, -0.1) is 0 Å². The number of anilines is 1. The molecule has 2 N–H and O–H groups in total. The number of likely N-dealkylation sites (tertiary alicyclic amines) is 1. The third kappa shape index (κ3) is 4.44. The number of piperidine rings is 1. The Morgan fingerprint density at radius 2 is 1.97 bits per heavy atom. The summed E-state index contributed by atoms with van der Waals surface area (Å²) in [6, 6.07) is 5.72. The van der Waals surface area contributed by atoms with Gasteiger partial charge in [-0.05, 0) is 68.2 Å². The number of benzene rings is 1. The number of rotatable bonds is 4. The van der Waals surface area contributed by atoms with Crippen molar-refractivity contribution < 1.29 is 14.0 Å². The molecule has 1 aromatic carbocycles. The van der Waals surface area contributed by atoms with Gasteiger partial charge < -0.3 is 20.0 Å². The summed E-state index contributed by atoms with van der Waals surface area (Å²) < 4.78 is 5.61. The maximum Gasteiger partial charge on any atom is 0.319 e. The van der Waals surface area contributed by atoms with E-state index in [9.17, 15) is 9.59 Å². The van der Waals surface area contributed by atoms with E-state index >= 15 is 0 Å². The van der Waals surface area contributed by atoms with E-state index in [0.29, 0.717) is 23.3 Å². The lowest BCUT2D eigenvalue weighted by Gasteiger charge is -2.29. The molecular weight excluding hydrogens is 368 g/mol. The Hall–Kier alpha value is -2.83. The second-order valence-electron chi connectivity index (χ2n) is 8.13. The highest BCUT2D eigenvalue weighted by Gasteiger charge is 2.26. The third-order valence-corrected chi connectivity index (χ3v) is 5.87. The van der Waals surface area contributed by atoms with Gasteiger partial charge in [0.2, 0.25) is 5.89 Å². The van der Waals surface area contributed by atoms with Crippen LogP contribution in [0.15, 0.2) is 22.6 Å². The number of aromatic nitrogens is 1. The average Bonchev–Trinajstić information content (AvgIpc) is 3.32. The van der Waals surface area contributed by atoms with Gasteiger partial charge in [-0.25, -0.2) is 9.78 Å². The first-order valence-corrected chi connectivity index (χ1v) is 10.4. The number of fused-ring (bicyclic) bond motifs is 1. The molecule has 154 valence electrons. The predicted octanol–water partition coefficient (Wildman–Crippen LogP) is 3.67. The Morgan fingerprint density at radius 3 is 2.76 bits per heavy atom. The van der Waals surface area contributed by atoms with E-state index < -0.39 is 0 Å². The van der Waals surface area contributed by atoms with Crippen LogP contribution in [0, 0.1) is 12.8 Å². The maximum atomic E-state index is 12.7. The van der Waals surface area contributed by atoms with Gasteiger partial charge in [0.25, 0.3) is 5.91 Å². The Balaban J connectivity index is 1.32. The van der Waals surface area contributed by atoms with Crippen molar-refractivity contribution in [2.45, 2.75) is 52.5 Å². The van der Waals surface area contributed by atoms with Crippen molar-refractivity contribution in [2.75, 3.05) is 18.4 Å². The van der Waals surface area contributed by atoms with Crippen LogP contribution in [0.2, 0.25) is 0 Å². The van der Waals surface area contributed by atoms with Crippen LogP contribution >= 0.6 is 0 Å². The minimum atomic E-state index is -0.323. The molecule has 2 aromatic rings. The van der Waals surface area contributed by atoms with Crippen LogP contribution in [0.5, 0.6) is 0 Å². The van der Waals surface area contributed by atoms with Crippen LogP contribution in [0.25, 0.3) is 0 Å². The van der Waals surface area contributed by atoms with Crippen LogP contribution in [0.3, 0.4) is 0 Å². The summed E-state index contributed by atoms with van der Waals surface area (Å²) in [5.74, 6) is 1.39. The van der Waals surface area contributed by atoms with Crippen LogP contribution in [0.4, 0.5) is 10.5 Å². The van der Waals surface area contributed by atoms with E-state index in [-0.39, 0.29) is 18.5 Å². The number of nitrogens with one attached hydrogen (secondary N) is 2. The van der Waals surface area contributed by atoms with Gasteiger partial charge in [0, 0.05) is 18.8 Å². The van der Waals surface area contributed by atoms with Crippen LogP contribution in [0.1, 0.15) is 59.5 Å². The Morgan fingerprint density at radius 1 is 1.21 bits per heavy atom. The van der Waals surface area contributed by atoms with Crippen molar-refractivity contribution in [1.29, 1.82) is 0 Å². The smallest absolute Gasteiger partial charge is 0.319 e. The normalized spacial score (nSPS) is 16.6. The molecular formula is C22H28N4O3. The molecule has 3 amide bonds. The van der Waals surface area contributed by atoms with Gasteiger partial charge >= 0.3 is 6.03 Å². The summed E-state index contributed by atoms with van der Waals surface area (Å²) in [5.41, 5.74) is 3.80. The van der Waals surface area contributed by atoms with E-state index in [1.807, 2.05) is 17.0 Å². The lowest BCUT2D eigenvalue weighted by molar-refractivity contribution is 0.0690. The van der Waals surface area contributed by atoms with Gasteiger partial charge in [-0.1, -0.05) is 13.0 Å². The number of urea groups is 1. The van der Waals surface area contributed by atoms with E-state index in [4.69, 9.17) is 4.42 Å². The second kappa shape index (κ2) is 8.27. The molecule has 0 unspecified atom stereocenters. The minimum Gasteiger partial charge on any atom is -0.443 e. The summed E-state index contributed by atoms with van der Waals surface area (Å²) in [4.78, 5) is 31.1. The first-order valence-electron chi connectivity index (χ1n) is 10.4. The SMILES string of the molecule is Cc1oc(CNC(=O)Nc2ccc3c(c2)CCC3)nc1C(=O)N1CCC(C)CC1. The highest BCUT2D eigenvalue weighted by molar-refractivity contribution is 5.93. The first-order chi connectivity index (χ1) is 14.0. The van der Waals surface area contributed by atoms with Crippen molar-refractivity contribution >= 4 is 17.6 Å². The highest BCUT2D eigenvalue weighted by Crippen LogP contribution is 2.25. The van der Waals surface area contributed by atoms with Crippen LogP contribution in [-0.2, 0) is 19.4 Å². The number of carbonyl (C=O) groups excluding carboxylic acids is 2. The zero-order chi connectivity index (χ0) is 20.4. The monoisotopic (exact) mass is 396 g/mol. The van der Waals surface area contributed by atoms with E-state index in [1.165, 1.54) is 17.5 Å². The molecule has 2 heterocycles. The summed E-state index contributed by atoms with van der Waals surface area (Å²) in [6.07, 6.45) is 5.38. The number of nitrogens with zero attached hydrogens (tertiary/aromatic N) is 2.